The molecule has 0 aliphatic heterocycles. The van der Waals surface area contributed by atoms with Gasteiger partial charge in [0, 0.05) is 19.5 Å². The van der Waals surface area contributed by atoms with Gasteiger partial charge in [-0.05, 0) is 25.5 Å². The molecule has 20 heavy (non-hydrogen) atoms. The van der Waals surface area contributed by atoms with Gasteiger partial charge in [0.2, 0.25) is 0 Å². The van der Waals surface area contributed by atoms with E-state index >= 15 is 0 Å². The van der Waals surface area contributed by atoms with Gasteiger partial charge in [-0.3, -0.25) is 0 Å². The number of aryl methyl sites for hydroxylation is 1. The fraction of sp³-hybridized carbons (Fsp3) is 0.562. The van der Waals surface area contributed by atoms with Gasteiger partial charge in [0.25, 0.3) is 0 Å². The van der Waals surface area contributed by atoms with E-state index in [1.165, 1.54) is 25.7 Å². The van der Waals surface area contributed by atoms with Gasteiger partial charge < -0.3 is 9.84 Å². The predicted octanol–water partition coefficient (Wildman–Crippen LogP) is 4.43. The van der Waals surface area contributed by atoms with Crippen LogP contribution in [0.4, 0.5) is 0 Å². The summed E-state index contributed by atoms with van der Waals surface area (Å²) >= 11 is 0. The van der Waals surface area contributed by atoms with Gasteiger partial charge in [0.05, 0.1) is 6.61 Å². The molecule has 4 heteroatoms. The molecule has 0 aromatic heterocycles. The first-order valence-corrected chi connectivity index (χ1v) is 7.12. The van der Waals surface area contributed by atoms with E-state index in [-0.39, 0.29) is 25.0 Å². The fourth-order valence-corrected chi connectivity index (χ4v) is 2.00. The fourth-order valence-electron chi connectivity index (χ4n) is 2.00. The summed E-state index contributed by atoms with van der Waals surface area (Å²) in [7, 11) is 0. The predicted molar refractivity (Wildman–Crippen MR) is 77.0 cm³/mol. The summed E-state index contributed by atoms with van der Waals surface area (Å²) in [5, 5.41) is 9.11. The number of carboxylic acids is 1. The van der Waals surface area contributed by atoms with Crippen LogP contribution < -0.4 is 4.74 Å². The molecule has 0 atom stereocenters. The molecule has 0 amide bonds. The summed E-state index contributed by atoms with van der Waals surface area (Å²) < 4.78 is 5.58. The van der Waals surface area contributed by atoms with Crippen LogP contribution in [-0.4, -0.2) is 17.7 Å². The van der Waals surface area contributed by atoms with Crippen molar-refractivity contribution in [1.82, 2.24) is 0 Å². The number of hydrogen-bond acceptors (Lipinski definition) is 2. The number of carbonyl (C=O) groups is 1. The monoisotopic (exact) mass is 328 g/mol. The number of hydrogen-bond donors (Lipinski definition) is 1. The first kappa shape index (κ1) is 19.1. The van der Waals surface area contributed by atoms with Crippen molar-refractivity contribution in [3.05, 3.63) is 29.3 Å². The van der Waals surface area contributed by atoms with Crippen LogP contribution in [0.1, 0.15) is 61.4 Å². The van der Waals surface area contributed by atoms with E-state index in [0.717, 1.165) is 18.4 Å². The van der Waals surface area contributed by atoms with Crippen LogP contribution in [0.25, 0.3) is 0 Å². The van der Waals surface area contributed by atoms with Crippen molar-refractivity contribution in [2.24, 2.45) is 0 Å². The minimum atomic E-state index is -0.929. The molecule has 108 valence electrons. The Hall–Kier alpha value is -0.887. The van der Waals surface area contributed by atoms with Gasteiger partial charge in [0.1, 0.15) is 11.3 Å². The van der Waals surface area contributed by atoms with Crippen LogP contribution in [-0.2, 0) is 19.5 Å². The van der Waals surface area contributed by atoms with Crippen LogP contribution in [0.15, 0.2) is 18.2 Å². The van der Waals surface area contributed by atoms with Crippen molar-refractivity contribution >= 4 is 5.97 Å². The van der Waals surface area contributed by atoms with E-state index in [9.17, 15) is 4.79 Å². The maximum Gasteiger partial charge on any atom is 0.339 e. The number of benzene rings is 1. The minimum Gasteiger partial charge on any atom is -0.493 e. The van der Waals surface area contributed by atoms with Crippen molar-refractivity contribution in [3.63, 3.8) is 0 Å². The molecule has 1 aromatic rings. The van der Waals surface area contributed by atoms with Crippen LogP contribution in [0.3, 0.4) is 0 Å². The molecule has 0 aliphatic rings. The number of unbranched alkanes of at least 4 members (excludes halogenated alkanes) is 5. The number of aromatic carboxylic acids is 1. The Kier molecular flexibility index (Phi) is 10.4. The van der Waals surface area contributed by atoms with Gasteiger partial charge in [-0.1, -0.05) is 50.7 Å². The Morgan fingerprint density at radius 1 is 1.15 bits per heavy atom. The van der Waals surface area contributed by atoms with Crippen molar-refractivity contribution in [2.45, 2.75) is 52.4 Å². The number of rotatable bonds is 9. The Morgan fingerprint density at radius 2 is 1.80 bits per heavy atom. The molecule has 0 heterocycles. The number of ether oxygens (including phenoxy) is 1. The van der Waals surface area contributed by atoms with Crippen molar-refractivity contribution in [2.75, 3.05) is 6.61 Å². The van der Waals surface area contributed by atoms with Gasteiger partial charge in [0.15, 0.2) is 0 Å². The Balaban J connectivity index is 0.00000361. The average molecular weight is 330 g/mol. The molecule has 1 rings (SSSR count). The maximum atomic E-state index is 11.1. The molecule has 1 N–H and O–H groups in total. The molecule has 0 saturated carbocycles. The molecule has 0 saturated heterocycles. The van der Waals surface area contributed by atoms with E-state index in [0.29, 0.717) is 12.4 Å². The SMILES string of the molecule is CCCCCCCCOc1ccc(C)cc1C(=O)O.[Zn]. The molecule has 0 spiro atoms. The smallest absolute Gasteiger partial charge is 0.339 e. The van der Waals surface area contributed by atoms with E-state index < -0.39 is 5.97 Å². The summed E-state index contributed by atoms with van der Waals surface area (Å²) in [6.07, 6.45) is 7.19. The second-order valence-corrected chi connectivity index (χ2v) is 4.92. The second kappa shape index (κ2) is 10.8. The van der Waals surface area contributed by atoms with Crippen LogP contribution in [0, 0.1) is 6.92 Å². The van der Waals surface area contributed by atoms with Gasteiger partial charge in [-0.2, -0.15) is 0 Å². The summed E-state index contributed by atoms with van der Waals surface area (Å²) in [4.78, 5) is 11.1. The zero-order chi connectivity index (χ0) is 14.1. The van der Waals surface area contributed by atoms with Gasteiger partial charge >= 0.3 is 5.97 Å². The minimum absolute atomic E-state index is 0. The molecule has 0 radical (unpaired) electrons. The Bertz CT molecular complexity index is 405. The third-order valence-corrected chi connectivity index (χ3v) is 3.12. The van der Waals surface area contributed by atoms with E-state index in [1.807, 2.05) is 13.0 Å². The van der Waals surface area contributed by atoms with Crippen LogP contribution in [0.5, 0.6) is 5.75 Å². The molecular weight excluding hydrogens is 306 g/mol. The summed E-state index contributed by atoms with van der Waals surface area (Å²) in [6, 6.07) is 5.28. The number of carboxylic acid groups (broad SMARTS) is 1. The summed E-state index contributed by atoms with van der Waals surface area (Å²) in [5.41, 5.74) is 1.19. The molecule has 0 fully saturated rings. The Labute approximate surface area is 134 Å². The van der Waals surface area contributed by atoms with E-state index in [1.54, 1.807) is 12.1 Å². The summed E-state index contributed by atoms with van der Waals surface area (Å²) in [5.74, 6) is -0.451. The molecule has 0 aliphatic carbocycles. The van der Waals surface area contributed by atoms with Gasteiger partial charge in [-0.25, -0.2) is 4.79 Å². The van der Waals surface area contributed by atoms with Crippen LogP contribution in [0.2, 0.25) is 0 Å². The first-order chi connectivity index (χ1) is 9.15. The quantitative estimate of drug-likeness (QED) is 0.538. The molecule has 0 unspecified atom stereocenters. The van der Waals surface area contributed by atoms with Crippen LogP contribution >= 0.6 is 0 Å². The zero-order valence-electron chi connectivity index (χ0n) is 12.7. The molecule has 0 bridgehead atoms. The average Bonchev–Trinajstić information content (AvgIpc) is 2.39. The molecular formula is C16H24O3Zn. The standard InChI is InChI=1S/C16H24O3.Zn/c1-3-4-5-6-7-8-11-19-15-10-9-13(2)12-14(15)16(17)18;/h9-10,12H,3-8,11H2,1-2H3,(H,17,18);. The third kappa shape index (κ3) is 7.05. The maximum absolute atomic E-state index is 11.1. The summed E-state index contributed by atoms with van der Waals surface area (Å²) in [6.45, 7) is 4.67. The van der Waals surface area contributed by atoms with Crippen molar-refractivity contribution < 1.29 is 34.1 Å². The van der Waals surface area contributed by atoms with E-state index in [4.69, 9.17) is 9.84 Å². The topological polar surface area (TPSA) is 46.5 Å². The van der Waals surface area contributed by atoms with E-state index in [2.05, 4.69) is 6.92 Å². The van der Waals surface area contributed by atoms with Crippen molar-refractivity contribution in [3.8, 4) is 5.75 Å². The molecule has 3 nitrogen and oxygen atoms in total. The van der Waals surface area contributed by atoms with Gasteiger partial charge in [-0.15, -0.1) is 0 Å². The van der Waals surface area contributed by atoms with Crippen molar-refractivity contribution in [1.29, 1.82) is 0 Å². The largest absolute Gasteiger partial charge is 0.493 e. The first-order valence-electron chi connectivity index (χ1n) is 7.12. The second-order valence-electron chi connectivity index (χ2n) is 4.92. The molecule has 1 aromatic carbocycles. The normalized spacial score (nSPS) is 9.90. The third-order valence-electron chi connectivity index (χ3n) is 3.12. The Morgan fingerprint density at radius 3 is 2.45 bits per heavy atom. The zero-order valence-corrected chi connectivity index (χ0v) is 15.6.